The van der Waals surface area contributed by atoms with E-state index in [9.17, 15) is 12.8 Å². The van der Waals surface area contributed by atoms with Gasteiger partial charge in [0, 0.05) is 23.3 Å². The maximum atomic E-state index is 13.7. The van der Waals surface area contributed by atoms with E-state index in [1.54, 1.807) is 52.9 Å². The molecule has 3 aromatic rings. The molecule has 0 aliphatic carbocycles. The molecule has 0 amide bonds. The topological polar surface area (TPSA) is 86.8 Å². The number of hydrogen-bond acceptors (Lipinski definition) is 6. The lowest BCUT2D eigenvalue weighted by atomic mass is 10.2. The number of ether oxygens (including phenoxy) is 3. The molecule has 1 N–H and O–H groups in total. The summed E-state index contributed by atoms with van der Waals surface area (Å²) in [5, 5.41) is 0.714. The van der Waals surface area contributed by atoms with Crippen LogP contribution < -0.4 is 18.9 Å². The number of benzene rings is 2. The second-order valence-corrected chi connectivity index (χ2v) is 9.76. The third-order valence-corrected chi connectivity index (χ3v) is 6.55. The van der Waals surface area contributed by atoms with Crippen molar-refractivity contribution < 1.29 is 27.0 Å². The van der Waals surface area contributed by atoms with Crippen LogP contribution in [0.1, 0.15) is 6.92 Å². The predicted molar refractivity (Wildman–Crippen MR) is 113 cm³/mol. The zero-order valence-corrected chi connectivity index (χ0v) is 17.9. The van der Waals surface area contributed by atoms with E-state index in [2.05, 4.69) is 9.71 Å². The Morgan fingerprint density at radius 3 is 2.24 bits per heavy atom. The van der Waals surface area contributed by atoms with Gasteiger partial charge in [0.05, 0.1) is 19.7 Å². The monoisotopic (exact) mass is 438 g/mol. The van der Waals surface area contributed by atoms with Crippen LogP contribution >= 0.6 is 9.24 Å². The van der Waals surface area contributed by atoms with Gasteiger partial charge in [-0.3, -0.25) is 9.71 Å². The van der Waals surface area contributed by atoms with Crippen LogP contribution in [0.2, 0.25) is 0 Å². The van der Waals surface area contributed by atoms with Crippen LogP contribution in [0.25, 0.3) is 10.9 Å². The van der Waals surface area contributed by atoms with E-state index < -0.39 is 14.8 Å². The van der Waals surface area contributed by atoms with Crippen molar-refractivity contribution in [1.29, 1.82) is 0 Å². The minimum atomic E-state index is -4.19. The number of hydrogen-bond donors (Lipinski definition) is 1. The normalized spacial score (nSPS) is 13.6. The molecule has 3 rings (SSSR count). The number of methoxy groups -OCH3 is 2. The van der Waals surface area contributed by atoms with Gasteiger partial charge >= 0.3 is 0 Å². The Bertz CT molecular complexity index is 1130. The van der Waals surface area contributed by atoms with E-state index in [1.165, 1.54) is 19.2 Å². The standard InChI is InChI=1S/C19H20FN2O5PS/c1-19(20,28)29(23,24)22-12-4-6-13(7-5-12)27-16-8-9-21-15-11-18(26-3)17(25-2)10-14(15)16/h4-11,22H,28H2,1-3H3. The van der Waals surface area contributed by atoms with Crippen LogP contribution in [0.5, 0.6) is 23.0 Å². The number of anilines is 1. The van der Waals surface area contributed by atoms with Crippen LogP contribution in [0, 0.1) is 0 Å². The van der Waals surface area contributed by atoms with E-state index in [4.69, 9.17) is 14.2 Å². The Kier molecular flexibility index (Phi) is 5.82. The Balaban J connectivity index is 1.88. The maximum Gasteiger partial charge on any atom is 0.271 e. The highest BCUT2D eigenvalue weighted by molar-refractivity contribution is 7.97. The highest BCUT2D eigenvalue weighted by Crippen LogP contribution is 2.37. The second kappa shape index (κ2) is 8.00. The van der Waals surface area contributed by atoms with Crippen molar-refractivity contribution in [3.05, 3.63) is 48.7 Å². The molecule has 0 fully saturated rings. The summed E-state index contributed by atoms with van der Waals surface area (Å²) in [5.41, 5.74) is 0.877. The first-order valence-electron chi connectivity index (χ1n) is 8.43. The molecule has 0 saturated carbocycles. The highest BCUT2D eigenvalue weighted by atomic mass is 32.2. The third kappa shape index (κ3) is 4.52. The minimum absolute atomic E-state index is 0.217. The second-order valence-electron chi connectivity index (χ2n) is 6.25. The van der Waals surface area contributed by atoms with Gasteiger partial charge in [-0.2, -0.15) is 0 Å². The predicted octanol–water partition coefficient (Wildman–Crippen LogP) is 4.30. The molecule has 2 unspecified atom stereocenters. The molecule has 2 atom stereocenters. The quantitative estimate of drug-likeness (QED) is 0.554. The molecule has 0 aliphatic heterocycles. The average molecular weight is 438 g/mol. The van der Waals surface area contributed by atoms with Crippen molar-refractivity contribution >= 4 is 35.9 Å². The van der Waals surface area contributed by atoms with Gasteiger partial charge in [-0.25, -0.2) is 12.8 Å². The molecule has 29 heavy (non-hydrogen) atoms. The number of nitrogens with zero attached hydrogens (tertiary/aromatic N) is 1. The van der Waals surface area contributed by atoms with Gasteiger partial charge in [0.25, 0.3) is 10.0 Å². The van der Waals surface area contributed by atoms with Crippen molar-refractivity contribution in [1.82, 2.24) is 4.98 Å². The van der Waals surface area contributed by atoms with Crippen molar-refractivity contribution in [2.45, 2.75) is 11.7 Å². The zero-order valence-electron chi connectivity index (χ0n) is 16.0. The lowest BCUT2D eigenvalue weighted by molar-refractivity contribution is 0.355. The SMILES string of the molecule is COc1cc2nccc(Oc3ccc(NS(=O)(=O)C(C)(F)P)cc3)c2cc1OC. The molecule has 1 heterocycles. The Labute approximate surface area is 170 Å². The molecular formula is C19H20FN2O5PS. The third-order valence-electron chi connectivity index (χ3n) is 4.07. The van der Waals surface area contributed by atoms with E-state index in [-0.39, 0.29) is 5.69 Å². The molecule has 0 aliphatic rings. The van der Waals surface area contributed by atoms with Crippen LogP contribution in [0.4, 0.5) is 10.1 Å². The molecular weight excluding hydrogens is 418 g/mol. The first-order chi connectivity index (χ1) is 13.6. The van der Waals surface area contributed by atoms with Crippen molar-refractivity contribution in [3.63, 3.8) is 0 Å². The maximum absolute atomic E-state index is 13.7. The van der Waals surface area contributed by atoms with E-state index in [1.807, 2.05) is 0 Å². The Morgan fingerprint density at radius 1 is 1.03 bits per heavy atom. The molecule has 7 nitrogen and oxygen atoms in total. The molecule has 2 aromatic carbocycles. The van der Waals surface area contributed by atoms with Gasteiger partial charge in [-0.05, 0) is 43.3 Å². The van der Waals surface area contributed by atoms with Gasteiger partial charge < -0.3 is 14.2 Å². The van der Waals surface area contributed by atoms with E-state index >= 15 is 0 Å². The molecule has 154 valence electrons. The fourth-order valence-electron chi connectivity index (χ4n) is 2.51. The summed E-state index contributed by atoms with van der Waals surface area (Å²) in [7, 11) is 0.540. The minimum Gasteiger partial charge on any atom is -0.493 e. The number of pyridine rings is 1. The fraction of sp³-hybridized carbons (Fsp3) is 0.211. The summed E-state index contributed by atoms with van der Waals surface area (Å²) in [6.45, 7) is 0.940. The van der Waals surface area contributed by atoms with E-state index in [0.717, 1.165) is 6.92 Å². The number of fused-ring (bicyclic) bond motifs is 1. The fourth-order valence-corrected chi connectivity index (χ4v) is 3.33. The van der Waals surface area contributed by atoms with Gasteiger partial charge in [0.15, 0.2) is 11.5 Å². The highest BCUT2D eigenvalue weighted by Gasteiger charge is 2.34. The van der Waals surface area contributed by atoms with Gasteiger partial charge in [-0.15, -0.1) is 0 Å². The van der Waals surface area contributed by atoms with Crippen LogP contribution in [0.3, 0.4) is 0 Å². The van der Waals surface area contributed by atoms with Crippen LogP contribution in [-0.2, 0) is 10.0 Å². The van der Waals surface area contributed by atoms with E-state index in [0.29, 0.717) is 33.9 Å². The Hall–Kier alpha value is -2.64. The number of alkyl halides is 1. The number of nitrogens with one attached hydrogen (secondary N) is 1. The molecule has 0 spiro atoms. The molecule has 0 saturated heterocycles. The molecule has 0 bridgehead atoms. The summed E-state index contributed by atoms with van der Waals surface area (Å²) in [6, 6.07) is 11.3. The van der Waals surface area contributed by atoms with Crippen molar-refractivity contribution in [2.24, 2.45) is 0 Å². The number of rotatable bonds is 7. The smallest absolute Gasteiger partial charge is 0.271 e. The summed E-state index contributed by atoms with van der Waals surface area (Å²) in [4.78, 5) is 4.32. The van der Waals surface area contributed by atoms with Gasteiger partial charge in [-0.1, -0.05) is 9.24 Å². The largest absolute Gasteiger partial charge is 0.493 e. The van der Waals surface area contributed by atoms with Crippen LogP contribution in [-0.4, -0.2) is 32.4 Å². The lowest BCUT2D eigenvalue weighted by Gasteiger charge is -2.17. The molecule has 10 heteroatoms. The van der Waals surface area contributed by atoms with Crippen molar-refractivity contribution in [3.8, 4) is 23.0 Å². The lowest BCUT2D eigenvalue weighted by Crippen LogP contribution is -2.29. The van der Waals surface area contributed by atoms with Gasteiger partial charge in [0.2, 0.25) is 4.74 Å². The summed E-state index contributed by atoms with van der Waals surface area (Å²) in [5.74, 6) is 2.08. The number of sulfonamides is 1. The van der Waals surface area contributed by atoms with Crippen molar-refractivity contribution in [2.75, 3.05) is 18.9 Å². The van der Waals surface area contributed by atoms with Gasteiger partial charge in [0.1, 0.15) is 11.5 Å². The average Bonchev–Trinajstić information content (AvgIpc) is 2.67. The molecule has 1 aromatic heterocycles. The number of aromatic nitrogens is 1. The number of halogens is 1. The first-order valence-corrected chi connectivity index (χ1v) is 10.5. The molecule has 0 radical (unpaired) electrons. The summed E-state index contributed by atoms with van der Waals surface area (Å²) >= 11 is 0. The van der Waals surface area contributed by atoms with Crippen LogP contribution in [0.15, 0.2) is 48.7 Å². The zero-order chi connectivity index (χ0) is 21.2. The first kappa shape index (κ1) is 21.1. The summed E-state index contributed by atoms with van der Waals surface area (Å²) < 4.78 is 53.8. The summed E-state index contributed by atoms with van der Waals surface area (Å²) in [6.07, 6.45) is 1.60. The Morgan fingerprint density at radius 2 is 1.66 bits per heavy atom.